The monoisotopic (exact) mass is 219 g/mol. The molecule has 84 valence electrons. The average molecular weight is 219 g/mol. The molecular formula is C11H13N3O2. The first kappa shape index (κ1) is 9.59. The van der Waals surface area contributed by atoms with Crippen LogP contribution in [-0.4, -0.2) is 34.9 Å². The van der Waals surface area contributed by atoms with E-state index in [-0.39, 0.29) is 0 Å². The van der Waals surface area contributed by atoms with Gasteiger partial charge in [0.25, 0.3) is 0 Å². The van der Waals surface area contributed by atoms with Gasteiger partial charge in [0.1, 0.15) is 0 Å². The van der Waals surface area contributed by atoms with Crippen molar-refractivity contribution in [2.24, 2.45) is 0 Å². The van der Waals surface area contributed by atoms with E-state index in [1.165, 1.54) is 0 Å². The number of rotatable bonds is 2. The Morgan fingerprint density at radius 2 is 2.44 bits per heavy atom. The number of aromatic nitrogens is 3. The van der Waals surface area contributed by atoms with Crippen molar-refractivity contribution in [3.05, 3.63) is 24.0 Å². The Hall–Kier alpha value is -1.62. The molecule has 0 bridgehead atoms. The average Bonchev–Trinajstić information content (AvgIpc) is 2.96. The van der Waals surface area contributed by atoms with Crippen LogP contribution in [0, 0.1) is 0 Å². The zero-order chi connectivity index (χ0) is 11.0. The van der Waals surface area contributed by atoms with Gasteiger partial charge in [-0.15, -0.1) is 5.10 Å². The van der Waals surface area contributed by atoms with E-state index in [9.17, 15) is 0 Å². The SMILES string of the molecule is COc1cccc2nc(C3CCOC3)nn12. The van der Waals surface area contributed by atoms with E-state index in [0.717, 1.165) is 31.1 Å². The van der Waals surface area contributed by atoms with Crippen molar-refractivity contribution in [2.45, 2.75) is 12.3 Å². The zero-order valence-electron chi connectivity index (χ0n) is 9.09. The maximum Gasteiger partial charge on any atom is 0.216 e. The minimum absolute atomic E-state index is 0.324. The molecule has 0 amide bonds. The predicted octanol–water partition coefficient (Wildman–Crippen LogP) is 1.24. The summed E-state index contributed by atoms with van der Waals surface area (Å²) in [5.74, 6) is 1.88. The molecule has 5 nitrogen and oxygen atoms in total. The topological polar surface area (TPSA) is 48.7 Å². The Morgan fingerprint density at radius 1 is 1.50 bits per heavy atom. The van der Waals surface area contributed by atoms with Crippen LogP contribution in [0.25, 0.3) is 5.65 Å². The van der Waals surface area contributed by atoms with E-state index in [1.54, 1.807) is 11.6 Å². The molecule has 0 radical (unpaired) electrons. The van der Waals surface area contributed by atoms with Crippen molar-refractivity contribution in [1.82, 2.24) is 14.6 Å². The minimum Gasteiger partial charge on any atom is -0.481 e. The van der Waals surface area contributed by atoms with E-state index in [2.05, 4.69) is 10.1 Å². The molecule has 16 heavy (non-hydrogen) atoms. The maximum absolute atomic E-state index is 5.34. The predicted molar refractivity (Wildman–Crippen MR) is 57.7 cm³/mol. The van der Waals surface area contributed by atoms with Gasteiger partial charge >= 0.3 is 0 Å². The normalized spacial score (nSPS) is 20.4. The van der Waals surface area contributed by atoms with E-state index in [1.807, 2.05) is 18.2 Å². The third-order valence-corrected chi connectivity index (χ3v) is 2.85. The second-order valence-corrected chi connectivity index (χ2v) is 3.87. The highest BCUT2D eigenvalue weighted by atomic mass is 16.5. The Balaban J connectivity index is 2.07. The number of hydrogen-bond acceptors (Lipinski definition) is 4. The molecule has 3 heterocycles. The van der Waals surface area contributed by atoms with Crippen molar-refractivity contribution in [3.63, 3.8) is 0 Å². The van der Waals surface area contributed by atoms with Gasteiger partial charge < -0.3 is 9.47 Å². The molecule has 1 aliphatic heterocycles. The molecule has 0 saturated carbocycles. The van der Waals surface area contributed by atoms with E-state index < -0.39 is 0 Å². The van der Waals surface area contributed by atoms with Gasteiger partial charge in [-0.3, -0.25) is 0 Å². The second-order valence-electron chi connectivity index (χ2n) is 3.87. The summed E-state index contributed by atoms with van der Waals surface area (Å²) in [4.78, 5) is 4.50. The van der Waals surface area contributed by atoms with Crippen LogP contribution in [-0.2, 0) is 4.74 Å². The Bertz CT molecular complexity index is 503. The number of methoxy groups -OCH3 is 1. The first-order valence-corrected chi connectivity index (χ1v) is 5.36. The molecule has 1 aliphatic rings. The molecule has 1 saturated heterocycles. The quantitative estimate of drug-likeness (QED) is 0.762. The number of hydrogen-bond donors (Lipinski definition) is 0. The fourth-order valence-corrected chi connectivity index (χ4v) is 1.96. The highest BCUT2D eigenvalue weighted by molar-refractivity contribution is 5.41. The lowest BCUT2D eigenvalue weighted by Crippen LogP contribution is -2.01. The van der Waals surface area contributed by atoms with E-state index in [4.69, 9.17) is 9.47 Å². The Morgan fingerprint density at radius 3 is 3.19 bits per heavy atom. The zero-order valence-corrected chi connectivity index (χ0v) is 9.09. The van der Waals surface area contributed by atoms with Gasteiger partial charge in [0.15, 0.2) is 11.5 Å². The summed E-state index contributed by atoms with van der Waals surface area (Å²) >= 11 is 0. The molecule has 1 unspecified atom stereocenters. The van der Waals surface area contributed by atoms with Gasteiger partial charge in [-0.25, -0.2) is 4.98 Å². The van der Waals surface area contributed by atoms with Gasteiger partial charge in [0.2, 0.25) is 5.88 Å². The molecule has 1 fully saturated rings. The molecule has 0 spiro atoms. The highest BCUT2D eigenvalue weighted by Crippen LogP contribution is 2.23. The van der Waals surface area contributed by atoms with E-state index >= 15 is 0 Å². The largest absolute Gasteiger partial charge is 0.481 e. The van der Waals surface area contributed by atoms with Crippen LogP contribution in [0.1, 0.15) is 18.2 Å². The molecular weight excluding hydrogens is 206 g/mol. The number of pyridine rings is 1. The molecule has 0 N–H and O–H groups in total. The van der Waals surface area contributed by atoms with Crippen LogP contribution in [0.5, 0.6) is 5.88 Å². The second kappa shape index (κ2) is 3.75. The first-order valence-electron chi connectivity index (χ1n) is 5.36. The summed E-state index contributed by atoms with van der Waals surface area (Å²) in [6.45, 7) is 1.52. The van der Waals surface area contributed by atoms with Gasteiger partial charge in [0, 0.05) is 18.6 Å². The number of nitrogens with zero attached hydrogens (tertiary/aromatic N) is 3. The van der Waals surface area contributed by atoms with Crippen LogP contribution in [0.4, 0.5) is 0 Å². The molecule has 5 heteroatoms. The van der Waals surface area contributed by atoms with Crippen molar-refractivity contribution in [1.29, 1.82) is 0 Å². The van der Waals surface area contributed by atoms with Crippen LogP contribution < -0.4 is 4.74 Å². The molecule has 0 aliphatic carbocycles. The van der Waals surface area contributed by atoms with Crippen LogP contribution >= 0.6 is 0 Å². The summed E-state index contributed by atoms with van der Waals surface area (Å²) in [7, 11) is 1.63. The van der Waals surface area contributed by atoms with Crippen molar-refractivity contribution in [3.8, 4) is 5.88 Å². The summed E-state index contributed by atoms with van der Waals surface area (Å²) in [6.07, 6.45) is 0.999. The standard InChI is InChI=1S/C11H13N3O2/c1-15-10-4-2-3-9-12-11(13-14(9)10)8-5-6-16-7-8/h2-4,8H,5-7H2,1H3. The summed E-state index contributed by atoms with van der Waals surface area (Å²) < 4.78 is 12.3. The van der Waals surface area contributed by atoms with Crippen LogP contribution in [0.3, 0.4) is 0 Å². The number of fused-ring (bicyclic) bond motifs is 1. The van der Waals surface area contributed by atoms with Crippen molar-refractivity contribution in [2.75, 3.05) is 20.3 Å². The van der Waals surface area contributed by atoms with Crippen LogP contribution in [0.15, 0.2) is 18.2 Å². The highest BCUT2D eigenvalue weighted by Gasteiger charge is 2.22. The maximum atomic E-state index is 5.34. The summed E-state index contributed by atoms with van der Waals surface area (Å²) in [5, 5.41) is 4.47. The third kappa shape index (κ3) is 1.44. The Kier molecular flexibility index (Phi) is 2.25. The smallest absolute Gasteiger partial charge is 0.216 e. The summed E-state index contributed by atoms with van der Waals surface area (Å²) in [6, 6.07) is 5.71. The van der Waals surface area contributed by atoms with Gasteiger partial charge in [-0.1, -0.05) is 6.07 Å². The van der Waals surface area contributed by atoms with E-state index in [0.29, 0.717) is 11.8 Å². The van der Waals surface area contributed by atoms with Gasteiger partial charge in [-0.05, 0) is 12.5 Å². The lowest BCUT2D eigenvalue weighted by atomic mass is 10.1. The van der Waals surface area contributed by atoms with Crippen LogP contribution in [0.2, 0.25) is 0 Å². The fourth-order valence-electron chi connectivity index (χ4n) is 1.96. The number of ether oxygens (including phenoxy) is 2. The minimum atomic E-state index is 0.324. The summed E-state index contributed by atoms with van der Waals surface area (Å²) in [5.41, 5.74) is 0.821. The van der Waals surface area contributed by atoms with Crippen molar-refractivity contribution >= 4 is 5.65 Å². The first-order chi connectivity index (χ1) is 7.88. The molecule has 2 aromatic heterocycles. The van der Waals surface area contributed by atoms with Gasteiger partial charge in [0.05, 0.1) is 13.7 Å². The molecule has 3 rings (SSSR count). The van der Waals surface area contributed by atoms with Gasteiger partial charge in [-0.2, -0.15) is 4.52 Å². The Labute approximate surface area is 93.0 Å². The van der Waals surface area contributed by atoms with Crippen molar-refractivity contribution < 1.29 is 9.47 Å². The fraction of sp³-hybridized carbons (Fsp3) is 0.455. The molecule has 0 aromatic carbocycles. The third-order valence-electron chi connectivity index (χ3n) is 2.85. The lowest BCUT2D eigenvalue weighted by Gasteiger charge is -2.00. The molecule has 2 aromatic rings. The lowest BCUT2D eigenvalue weighted by molar-refractivity contribution is 0.193. The molecule has 1 atom stereocenters.